The molecule has 20 heavy (non-hydrogen) atoms. The van der Waals surface area contributed by atoms with Crippen LogP contribution < -0.4 is 5.32 Å². The molecule has 2 aromatic rings. The summed E-state index contributed by atoms with van der Waals surface area (Å²) < 4.78 is 17.6. The van der Waals surface area contributed by atoms with E-state index in [1.54, 1.807) is 0 Å². The molecule has 0 radical (unpaired) electrons. The second-order valence-corrected chi connectivity index (χ2v) is 6.13. The van der Waals surface area contributed by atoms with Gasteiger partial charge in [-0.05, 0) is 31.5 Å². The van der Waals surface area contributed by atoms with Crippen LogP contribution in [-0.4, -0.2) is 33.0 Å². The fourth-order valence-corrected chi connectivity index (χ4v) is 3.49. The molecule has 1 aromatic carbocycles. The van der Waals surface area contributed by atoms with Crippen molar-refractivity contribution < 1.29 is 13.5 Å². The quantitative estimate of drug-likeness (QED) is 0.677. The van der Waals surface area contributed by atoms with E-state index in [0.29, 0.717) is 22.8 Å². The highest BCUT2D eigenvalue weighted by Crippen LogP contribution is 2.23. The van der Waals surface area contributed by atoms with Gasteiger partial charge in [-0.2, -0.15) is 0 Å². The molecule has 1 aliphatic heterocycles. The molecular formula is C12H13N3O4S. The summed E-state index contributed by atoms with van der Waals surface area (Å²) in [6, 6.07) is 4.16. The molecule has 1 aliphatic rings. The number of hydrogen-bond acceptors (Lipinski definition) is 6. The number of non-ortho nitro benzene ring substituents is 1. The maximum absolute atomic E-state index is 12.2. The molecule has 1 fully saturated rings. The summed E-state index contributed by atoms with van der Waals surface area (Å²) in [6.45, 7) is 1.80. The lowest BCUT2D eigenvalue weighted by Gasteiger charge is -2.04. The van der Waals surface area contributed by atoms with Crippen molar-refractivity contribution in [3.05, 3.63) is 28.3 Å². The molecule has 1 N–H and O–H groups in total. The molecule has 2 atom stereocenters. The molecular weight excluding hydrogens is 282 g/mol. The SMILES string of the molecule is O=[N+]([O-])c1ccc2oc(S(=O)CC3CCNC3)nc2c1. The minimum Gasteiger partial charge on any atom is -0.430 e. The van der Waals surface area contributed by atoms with E-state index < -0.39 is 15.7 Å². The number of benzene rings is 1. The zero-order chi connectivity index (χ0) is 14.1. The molecule has 7 nitrogen and oxygen atoms in total. The molecule has 2 heterocycles. The molecule has 1 aromatic heterocycles. The van der Waals surface area contributed by atoms with Crippen LogP contribution in [0.3, 0.4) is 0 Å². The second kappa shape index (κ2) is 5.29. The van der Waals surface area contributed by atoms with Crippen molar-refractivity contribution in [3.8, 4) is 0 Å². The maximum Gasteiger partial charge on any atom is 0.287 e. The highest BCUT2D eigenvalue weighted by atomic mass is 32.2. The Kier molecular flexibility index (Phi) is 3.49. The lowest BCUT2D eigenvalue weighted by atomic mass is 10.2. The van der Waals surface area contributed by atoms with Gasteiger partial charge in [0.25, 0.3) is 10.9 Å². The van der Waals surface area contributed by atoms with E-state index in [0.717, 1.165) is 19.5 Å². The number of aromatic nitrogens is 1. The number of oxazole rings is 1. The summed E-state index contributed by atoms with van der Waals surface area (Å²) in [5.74, 6) is 0.863. The van der Waals surface area contributed by atoms with E-state index in [-0.39, 0.29) is 10.9 Å². The van der Waals surface area contributed by atoms with Gasteiger partial charge in [0.2, 0.25) is 0 Å². The zero-order valence-corrected chi connectivity index (χ0v) is 11.4. The van der Waals surface area contributed by atoms with E-state index >= 15 is 0 Å². The van der Waals surface area contributed by atoms with Crippen LogP contribution in [-0.2, 0) is 10.8 Å². The van der Waals surface area contributed by atoms with Gasteiger partial charge in [-0.1, -0.05) is 0 Å². The first-order chi connectivity index (χ1) is 9.63. The maximum atomic E-state index is 12.2. The molecule has 8 heteroatoms. The summed E-state index contributed by atoms with van der Waals surface area (Å²) in [7, 11) is -1.31. The van der Waals surface area contributed by atoms with Crippen LogP contribution in [0, 0.1) is 16.0 Å². The van der Waals surface area contributed by atoms with Gasteiger partial charge in [-0.25, -0.2) is 9.19 Å². The Balaban J connectivity index is 1.84. The molecule has 3 rings (SSSR count). The van der Waals surface area contributed by atoms with Gasteiger partial charge in [0.05, 0.1) is 4.92 Å². The van der Waals surface area contributed by atoms with Gasteiger partial charge in [-0.15, -0.1) is 0 Å². The van der Waals surface area contributed by atoms with Gasteiger partial charge in [-0.3, -0.25) is 10.1 Å². The molecule has 1 saturated heterocycles. The molecule has 106 valence electrons. The number of nitro groups is 1. The topological polar surface area (TPSA) is 98.3 Å². The number of nitrogens with one attached hydrogen (secondary N) is 1. The second-order valence-electron chi connectivity index (χ2n) is 4.76. The highest BCUT2D eigenvalue weighted by molar-refractivity contribution is 7.84. The van der Waals surface area contributed by atoms with E-state index in [9.17, 15) is 14.3 Å². The van der Waals surface area contributed by atoms with Crippen LogP contribution in [0.1, 0.15) is 6.42 Å². The van der Waals surface area contributed by atoms with Gasteiger partial charge in [0.15, 0.2) is 5.58 Å². The standard InChI is InChI=1S/C12H13N3O4S/c16-15(17)9-1-2-11-10(5-9)14-12(19-11)20(18)7-8-3-4-13-6-8/h1-2,5,8,13H,3-4,6-7H2. The molecule has 0 bridgehead atoms. The Morgan fingerprint density at radius 2 is 2.40 bits per heavy atom. The summed E-state index contributed by atoms with van der Waals surface area (Å²) in [5, 5.41) is 14.1. The smallest absolute Gasteiger partial charge is 0.287 e. The van der Waals surface area contributed by atoms with E-state index in [1.165, 1.54) is 18.2 Å². The summed E-state index contributed by atoms with van der Waals surface area (Å²) in [4.78, 5) is 14.3. The van der Waals surface area contributed by atoms with Crippen molar-refractivity contribution in [2.24, 2.45) is 5.92 Å². The van der Waals surface area contributed by atoms with Crippen LogP contribution >= 0.6 is 0 Å². The first kappa shape index (κ1) is 13.2. The zero-order valence-electron chi connectivity index (χ0n) is 10.6. The predicted octanol–water partition coefficient (Wildman–Crippen LogP) is 1.45. The van der Waals surface area contributed by atoms with E-state index in [4.69, 9.17) is 4.42 Å². The average molecular weight is 295 g/mol. The van der Waals surface area contributed by atoms with Crippen LogP contribution in [0.15, 0.2) is 27.8 Å². The average Bonchev–Trinajstić information content (AvgIpc) is 3.05. The lowest BCUT2D eigenvalue weighted by molar-refractivity contribution is -0.384. The van der Waals surface area contributed by atoms with Gasteiger partial charge < -0.3 is 9.73 Å². The highest BCUT2D eigenvalue weighted by Gasteiger charge is 2.21. The number of rotatable bonds is 4. The van der Waals surface area contributed by atoms with Crippen LogP contribution in [0.2, 0.25) is 0 Å². The van der Waals surface area contributed by atoms with Gasteiger partial charge >= 0.3 is 0 Å². The third-order valence-electron chi connectivity index (χ3n) is 3.31. The number of hydrogen-bond donors (Lipinski definition) is 1. The van der Waals surface area contributed by atoms with Crippen molar-refractivity contribution in [3.63, 3.8) is 0 Å². The molecule has 2 unspecified atom stereocenters. The predicted molar refractivity (Wildman–Crippen MR) is 72.9 cm³/mol. The van der Waals surface area contributed by atoms with E-state index in [1.807, 2.05) is 0 Å². The number of nitrogens with zero attached hydrogens (tertiary/aromatic N) is 2. The van der Waals surface area contributed by atoms with Crippen molar-refractivity contribution in [2.75, 3.05) is 18.8 Å². The molecule has 0 spiro atoms. The van der Waals surface area contributed by atoms with Crippen molar-refractivity contribution in [2.45, 2.75) is 11.6 Å². The van der Waals surface area contributed by atoms with Crippen molar-refractivity contribution in [1.29, 1.82) is 0 Å². The minimum atomic E-state index is -1.31. The Labute approximate surface area is 117 Å². The van der Waals surface area contributed by atoms with Gasteiger partial charge in [0, 0.05) is 17.9 Å². The van der Waals surface area contributed by atoms with E-state index in [2.05, 4.69) is 10.3 Å². The summed E-state index contributed by atoms with van der Waals surface area (Å²) in [5.41, 5.74) is 0.735. The fraction of sp³-hybridized carbons (Fsp3) is 0.417. The number of nitro benzene ring substituents is 1. The normalized spacial score (nSPS) is 20.3. The van der Waals surface area contributed by atoms with Crippen LogP contribution in [0.5, 0.6) is 0 Å². The first-order valence-electron chi connectivity index (χ1n) is 6.27. The Hall–Kier alpha value is -1.80. The summed E-state index contributed by atoms with van der Waals surface area (Å²) in [6.07, 6.45) is 0.997. The third kappa shape index (κ3) is 2.56. The molecule has 0 amide bonds. The monoisotopic (exact) mass is 295 g/mol. The molecule has 0 saturated carbocycles. The van der Waals surface area contributed by atoms with Crippen LogP contribution in [0.4, 0.5) is 5.69 Å². The minimum absolute atomic E-state index is 0.0527. The first-order valence-corrected chi connectivity index (χ1v) is 7.59. The largest absolute Gasteiger partial charge is 0.430 e. The van der Waals surface area contributed by atoms with Crippen molar-refractivity contribution in [1.82, 2.24) is 10.3 Å². The van der Waals surface area contributed by atoms with Crippen molar-refractivity contribution >= 4 is 27.6 Å². The summed E-state index contributed by atoms with van der Waals surface area (Å²) >= 11 is 0. The fourth-order valence-electron chi connectivity index (χ4n) is 2.25. The van der Waals surface area contributed by atoms with Crippen LogP contribution in [0.25, 0.3) is 11.1 Å². The third-order valence-corrected chi connectivity index (χ3v) is 4.64. The Bertz CT molecular complexity index is 678. The Morgan fingerprint density at radius 3 is 3.10 bits per heavy atom. The Morgan fingerprint density at radius 1 is 1.55 bits per heavy atom. The lowest BCUT2D eigenvalue weighted by Crippen LogP contribution is -2.15. The van der Waals surface area contributed by atoms with Gasteiger partial charge in [0.1, 0.15) is 16.3 Å². The number of fused-ring (bicyclic) bond motifs is 1. The molecule has 0 aliphatic carbocycles.